The number of anilines is 1. The maximum Gasteiger partial charge on any atom is 0.129 e. The predicted molar refractivity (Wildman–Crippen MR) is 102 cm³/mol. The Balaban J connectivity index is 1.49. The molecule has 0 unspecified atom stereocenters. The van der Waals surface area contributed by atoms with Crippen LogP contribution in [0.25, 0.3) is 0 Å². The monoisotopic (exact) mass is 361 g/mol. The highest BCUT2D eigenvalue weighted by atomic mass is 35.5. The van der Waals surface area contributed by atoms with Gasteiger partial charge >= 0.3 is 0 Å². The lowest BCUT2D eigenvalue weighted by atomic mass is 10.1. The molecule has 0 fully saturated rings. The van der Waals surface area contributed by atoms with Crippen molar-refractivity contribution in [3.63, 3.8) is 0 Å². The molecular formula is C19H21Cl2N3. The van der Waals surface area contributed by atoms with E-state index < -0.39 is 0 Å². The minimum Gasteiger partial charge on any atom is -0.385 e. The number of aromatic nitrogens is 1. The summed E-state index contributed by atoms with van der Waals surface area (Å²) in [5, 5.41) is 7.86. The van der Waals surface area contributed by atoms with Gasteiger partial charge in [0.1, 0.15) is 5.82 Å². The summed E-state index contributed by atoms with van der Waals surface area (Å²) >= 11 is 12.0. The summed E-state index contributed by atoms with van der Waals surface area (Å²) in [7, 11) is 0. The summed E-state index contributed by atoms with van der Waals surface area (Å²) < 4.78 is 0. The van der Waals surface area contributed by atoms with Gasteiger partial charge in [-0.15, -0.1) is 0 Å². The molecule has 0 saturated heterocycles. The molecule has 1 aliphatic heterocycles. The van der Waals surface area contributed by atoms with E-state index in [-0.39, 0.29) is 0 Å². The van der Waals surface area contributed by atoms with Gasteiger partial charge in [-0.05, 0) is 55.0 Å². The smallest absolute Gasteiger partial charge is 0.129 e. The number of hydrogen-bond acceptors (Lipinski definition) is 3. The molecule has 0 atom stereocenters. The number of rotatable bonds is 6. The molecular weight excluding hydrogens is 341 g/mol. The molecule has 0 bridgehead atoms. The second kappa shape index (κ2) is 7.91. The van der Waals surface area contributed by atoms with Crippen molar-refractivity contribution in [2.75, 3.05) is 11.9 Å². The molecule has 2 heterocycles. The van der Waals surface area contributed by atoms with Crippen LogP contribution in [-0.2, 0) is 19.4 Å². The van der Waals surface area contributed by atoms with Gasteiger partial charge < -0.3 is 10.6 Å². The van der Waals surface area contributed by atoms with Crippen molar-refractivity contribution in [3.05, 3.63) is 69.5 Å². The first-order valence-electron chi connectivity index (χ1n) is 8.20. The highest BCUT2D eigenvalue weighted by Crippen LogP contribution is 2.23. The molecule has 0 saturated carbocycles. The number of nitrogens with one attached hydrogen (secondary N) is 2. The number of hydrogen-bond donors (Lipinski definition) is 2. The van der Waals surface area contributed by atoms with Gasteiger partial charge in [-0.25, -0.2) is 4.98 Å². The van der Waals surface area contributed by atoms with Crippen LogP contribution in [-0.4, -0.2) is 11.5 Å². The zero-order valence-corrected chi connectivity index (χ0v) is 15.1. The van der Waals surface area contributed by atoms with Crippen LogP contribution < -0.4 is 10.6 Å². The SMILES string of the molecule is C=C(CCc1ccc2c(n1)NCCC2)NCc1ccc(Cl)c(Cl)c1. The van der Waals surface area contributed by atoms with Crippen LogP contribution in [0.3, 0.4) is 0 Å². The van der Waals surface area contributed by atoms with Crippen LogP contribution in [0.4, 0.5) is 5.82 Å². The zero-order chi connectivity index (χ0) is 16.9. The van der Waals surface area contributed by atoms with Crippen LogP contribution in [0.1, 0.15) is 29.7 Å². The third-order valence-corrected chi connectivity index (χ3v) is 4.90. The number of pyridine rings is 1. The number of allylic oxidation sites excluding steroid dienone is 1. The third-order valence-electron chi connectivity index (χ3n) is 4.16. The van der Waals surface area contributed by atoms with E-state index in [1.165, 1.54) is 12.0 Å². The molecule has 1 aliphatic rings. The molecule has 5 heteroatoms. The number of benzene rings is 1. The van der Waals surface area contributed by atoms with Crippen molar-refractivity contribution in [2.45, 2.75) is 32.2 Å². The fourth-order valence-electron chi connectivity index (χ4n) is 2.75. The molecule has 0 aliphatic carbocycles. The van der Waals surface area contributed by atoms with Gasteiger partial charge in [0.15, 0.2) is 0 Å². The topological polar surface area (TPSA) is 37.0 Å². The third kappa shape index (κ3) is 4.43. The molecule has 1 aromatic carbocycles. The predicted octanol–water partition coefficient (Wildman–Crippen LogP) is 4.98. The number of aryl methyl sites for hydroxylation is 2. The lowest BCUT2D eigenvalue weighted by Gasteiger charge is -2.17. The van der Waals surface area contributed by atoms with Crippen molar-refractivity contribution in [1.29, 1.82) is 0 Å². The largest absolute Gasteiger partial charge is 0.385 e. The van der Waals surface area contributed by atoms with Crippen LogP contribution in [0.5, 0.6) is 0 Å². The first kappa shape index (κ1) is 17.1. The number of halogens is 2. The average Bonchev–Trinajstić information content (AvgIpc) is 2.60. The van der Waals surface area contributed by atoms with Gasteiger partial charge in [0, 0.05) is 24.5 Å². The van der Waals surface area contributed by atoms with E-state index in [1.807, 2.05) is 18.2 Å². The highest BCUT2D eigenvalue weighted by Gasteiger charge is 2.10. The Bertz CT molecular complexity index is 743. The van der Waals surface area contributed by atoms with Crippen molar-refractivity contribution in [3.8, 4) is 0 Å². The summed E-state index contributed by atoms with van der Waals surface area (Å²) in [6.45, 7) is 5.80. The van der Waals surface area contributed by atoms with E-state index in [9.17, 15) is 0 Å². The Morgan fingerprint density at radius 1 is 1.21 bits per heavy atom. The zero-order valence-electron chi connectivity index (χ0n) is 13.5. The summed E-state index contributed by atoms with van der Waals surface area (Å²) in [4.78, 5) is 4.71. The van der Waals surface area contributed by atoms with E-state index in [1.54, 1.807) is 0 Å². The molecule has 3 nitrogen and oxygen atoms in total. The van der Waals surface area contributed by atoms with E-state index >= 15 is 0 Å². The molecule has 0 radical (unpaired) electrons. The van der Waals surface area contributed by atoms with Crippen molar-refractivity contribution < 1.29 is 0 Å². The normalized spacial score (nSPS) is 13.1. The lowest BCUT2D eigenvalue weighted by molar-refractivity contribution is 0.740. The Morgan fingerprint density at radius 3 is 2.92 bits per heavy atom. The van der Waals surface area contributed by atoms with Crippen molar-refractivity contribution in [1.82, 2.24) is 10.3 Å². The van der Waals surface area contributed by atoms with Crippen LogP contribution in [0.2, 0.25) is 10.0 Å². The molecule has 2 N–H and O–H groups in total. The standard InChI is InChI=1S/C19H21Cl2N3/c1-13(23-12-14-5-9-17(20)18(21)11-14)4-7-16-8-6-15-3-2-10-22-19(15)24-16/h5-6,8-9,11,23H,1-4,7,10,12H2,(H,22,24). The summed E-state index contributed by atoms with van der Waals surface area (Å²) in [6.07, 6.45) is 4.03. The molecule has 2 aromatic rings. The maximum atomic E-state index is 6.03. The van der Waals surface area contributed by atoms with E-state index in [0.717, 1.165) is 48.6 Å². The fraction of sp³-hybridized carbons (Fsp3) is 0.316. The van der Waals surface area contributed by atoms with Gasteiger partial charge in [-0.1, -0.05) is 41.9 Å². The van der Waals surface area contributed by atoms with E-state index in [0.29, 0.717) is 16.6 Å². The summed E-state index contributed by atoms with van der Waals surface area (Å²) in [6, 6.07) is 9.97. The van der Waals surface area contributed by atoms with Gasteiger partial charge in [0.2, 0.25) is 0 Å². The second-order valence-electron chi connectivity index (χ2n) is 6.05. The fourth-order valence-corrected chi connectivity index (χ4v) is 3.07. The van der Waals surface area contributed by atoms with Crippen molar-refractivity contribution >= 4 is 29.0 Å². The van der Waals surface area contributed by atoms with E-state index in [2.05, 4.69) is 29.3 Å². The quantitative estimate of drug-likeness (QED) is 0.761. The Morgan fingerprint density at radius 2 is 2.08 bits per heavy atom. The summed E-state index contributed by atoms with van der Waals surface area (Å²) in [5.74, 6) is 1.05. The van der Waals surface area contributed by atoms with Crippen LogP contribution in [0, 0.1) is 0 Å². The second-order valence-corrected chi connectivity index (χ2v) is 6.86. The molecule has 1 aromatic heterocycles. The molecule has 0 spiro atoms. The number of nitrogens with zero attached hydrogens (tertiary/aromatic N) is 1. The van der Waals surface area contributed by atoms with Crippen LogP contribution in [0.15, 0.2) is 42.6 Å². The van der Waals surface area contributed by atoms with Gasteiger partial charge in [-0.2, -0.15) is 0 Å². The first-order valence-corrected chi connectivity index (χ1v) is 8.95. The molecule has 0 amide bonds. The highest BCUT2D eigenvalue weighted by molar-refractivity contribution is 6.42. The average molecular weight is 362 g/mol. The number of fused-ring (bicyclic) bond motifs is 1. The Labute approximate surface area is 153 Å². The molecule has 24 heavy (non-hydrogen) atoms. The van der Waals surface area contributed by atoms with Gasteiger partial charge in [-0.3, -0.25) is 0 Å². The van der Waals surface area contributed by atoms with E-state index in [4.69, 9.17) is 28.2 Å². The first-order chi connectivity index (χ1) is 11.6. The molecule has 3 rings (SSSR count). The lowest BCUT2D eigenvalue weighted by Crippen LogP contribution is -2.15. The van der Waals surface area contributed by atoms with Gasteiger partial charge in [0.05, 0.1) is 10.0 Å². The van der Waals surface area contributed by atoms with Crippen LogP contribution >= 0.6 is 23.2 Å². The van der Waals surface area contributed by atoms with Crippen molar-refractivity contribution in [2.24, 2.45) is 0 Å². The molecule has 126 valence electrons. The summed E-state index contributed by atoms with van der Waals surface area (Å²) in [5.41, 5.74) is 4.50. The Kier molecular flexibility index (Phi) is 5.64. The van der Waals surface area contributed by atoms with Gasteiger partial charge in [0.25, 0.3) is 0 Å². The maximum absolute atomic E-state index is 6.03. The minimum atomic E-state index is 0.575. The minimum absolute atomic E-state index is 0.575. The Hall–Kier alpha value is -1.71.